The first-order valence-corrected chi connectivity index (χ1v) is 8.73. The lowest BCUT2D eigenvalue weighted by Crippen LogP contribution is -2.08. The molecule has 0 aliphatic carbocycles. The van der Waals surface area contributed by atoms with Gasteiger partial charge >= 0.3 is 0 Å². The Balaban J connectivity index is 1.77. The second-order valence-corrected chi connectivity index (χ2v) is 6.60. The van der Waals surface area contributed by atoms with E-state index in [2.05, 4.69) is 62.2 Å². The van der Waals surface area contributed by atoms with Crippen molar-refractivity contribution >= 4 is 23.4 Å². The predicted molar refractivity (Wildman–Crippen MR) is 112 cm³/mol. The van der Waals surface area contributed by atoms with Crippen LogP contribution in [0.2, 0.25) is 0 Å². The zero-order valence-electron chi connectivity index (χ0n) is 16.2. The smallest absolute Gasteiger partial charge is 0.287 e. The third-order valence-corrected chi connectivity index (χ3v) is 4.44. The van der Waals surface area contributed by atoms with Crippen LogP contribution in [0.3, 0.4) is 0 Å². The van der Waals surface area contributed by atoms with Gasteiger partial charge < -0.3 is 9.47 Å². The summed E-state index contributed by atoms with van der Waals surface area (Å²) in [7, 11) is 4.03. The molecule has 0 aliphatic heterocycles. The molecule has 1 N–H and O–H groups in total. The van der Waals surface area contributed by atoms with Crippen LogP contribution in [0.1, 0.15) is 17.0 Å². The minimum Gasteiger partial charge on any atom is -0.378 e. The van der Waals surface area contributed by atoms with Crippen molar-refractivity contribution in [1.29, 1.82) is 0 Å². The zero-order chi connectivity index (χ0) is 20.3. The van der Waals surface area contributed by atoms with Gasteiger partial charge in [-0.05, 0) is 50.2 Å². The Hall–Kier alpha value is -3.68. The monoisotopic (exact) mass is 378 g/mol. The number of nitrogens with one attached hydrogen (secondary N) is 1. The maximum absolute atomic E-state index is 10.7. The van der Waals surface area contributed by atoms with Crippen LogP contribution in [0, 0.1) is 24.0 Å². The lowest BCUT2D eigenvalue weighted by Gasteiger charge is -2.14. The fraction of sp³-hybridized carbons (Fsp3) is 0.200. The number of hydrazone groups is 1. The number of nitrogens with zero attached hydrogens (tertiary/aromatic N) is 5. The SMILES string of the molecule is Cc1cc(C=NNc2ccc([N+](=O)[O-])cn2)c(C)n1-c1ccc(N(C)C)cc1. The van der Waals surface area contributed by atoms with E-state index in [-0.39, 0.29) is 5.69 Å². The van der Waals surface area contributed by atoms with Crippen molar-refractivity contribution in [1.82, 2.24) is 9.55 Å². The van der Waals surface area contributed by atoms with Gasteiger partial charge in [0.25, 0.3) is 5.69 Å². The van der Waals surface area contributed by atoms with E-state index < -0.39 is 4.92 Å². The minimum atomic E-state index is -0.486. The molecule has 2 heterocycles. The van der Waals surface area contributed by atoms with Gasteiger partial charge in [0.05, 0.1) is 11.1 Å². The van der Waals surface area contributed by atoms with Gasteiger partial charge in [0.15, 0.2) is 0 Å². The summed E-state index contributed by atoms with van der Waals surface area (Å²) >= 11 is 0. The minimum absolute atomic E-state index is 0.0571. The number of aromatic nitrogens is 2. The van der Waals surface area contributed by atoms with Gasteiger partial charge in [-0.15, -0.1) is 0 Å². The summed E-state index contributed by atoms with van der Waals surface area (Å²) in [6, 6.07) is 13.3. The molecule has 1 aromatic carbocycles. The summed E-state index contributed by atoms with van der Waals surface area (Å²) in [5, 5.41) is 14.9. The van der Waals surface area contributed by atoms with Crippen molar-refractivity contribution in [2.45, 2.75) is 13.8 Å². The number of anilines is 2. The molecule has 8 heteroatoms. The van der Waals surface area contributed by atoms with E-state index in [4.69, 9.17) is 0 Å². The Morgan fingerprint density at radius 2 is 1.89 bits per heavy atom. The summed E-state index contributed by atoms with van der Waals surface area (Å²) < 4.78 is 2.17. The molecule has 0 spiro atoms. The van der Waals surface area contributed by atoms with Crippen LogP contribution in [0.5, 0.6) is 0 Å². The van der Waals surface area contributed by atoms with Crippen molar-refractivity contribution in [3.05, 3.63) is 75.7 Å². The first-order chi connectivity index (χ1) is 13.4. The molecule has 0 aliphatic rings. The van der Waals surface area contributed by atoms with Crippen molar-refractivity contribution in [2.75, 3.05) is 24.4 Å². The number of benzene rings is 1. The topological polar surface area (TPSA) is 88.6 Å². The number of hydrogen-bond acceptors (Lipinski definition) is 6. The third-order valence-electron chi connectivity index (χ3n) is 4.44. The standard InChI is InChI=1S/C20H22N6O2/c1-14-11-16(12-22-23-20-10-9-19(13-21-20)26(27)28)15(2)25(14)18-7-5-17(6-8-18)24(3)4/h5-13H,1-4H3,(H,21,23). The van der Waals surface area contributed by atoms with Gasteiger partial charge in [-0.2, -0.15) is 5.10 Å². The molecule has 144 valence electrons. The highest BCUT2D eigenvalue weighted by atomic mass is 16.6. The molecule has 3 rings (SSSR count). The van der Waals surface area contributed by atoms with Crippen LogP contribution in [0.25, 0.3) is 5.69 Å². The lowest BCUT2D eigenvalue weighted by atomic mass is 10.2. The van der Waals surface area contributed by atoms with E-state index in [1.54, 1.807) is 6.21 Å². The Labute approximate surface area is 163 Å². The van der Waals surface area contributed by atoms with Crippen molar-refractivity contribution < 1.29 is 4.92 Å². The van der Waals surface area contributed by atoms with E-state index in [1.807, 2.05) is 21.0 Å². The molecule has 0 atom stereocenters. The van der Waals surface area contributed by atoms with E-state index in [1.165, 1.54) is 18.3 Å². The molecule has 2 aromatic heterocycles. The molecule has 0 saturated heterocycles. The lowest BCUT2D eigenvalue weighted by molar-refractivity contribution is -0.385. The predicted octanol–water partition coefficient (Wildman–Crippen LogP) is 3.91. The largest absolute Gasteiger partial charge is 0.378 e. The van der Waals surface area contributed by atoms with Crippen LogP contribution >= 0.6 is 0 Å². The number of hydrogen-bond donors (Lipinski definition) is 1. The summed E-state index contributed by atoms with van der Waals surface area (Å²) in [5.74, 6) is 0.440. The molecule has 0 saturated carbocycles. The van der Waals surface area contributed by atoms with Crippen LogP contribution < -0.4 is 10.3 Å². The molecule has 8 nitrogen and oxygen atoms in total. The first kappa shape index (κ1) is 19.1. The van der Waals surface area contributed by atoms with Crippen LogP contribution in [0.15, 0.2) is 53.8 Å². The Kier molecular flexibility index (Phi) is 5.39. The summed E-state index contributed by atoms with van der Waals surface area (Å²) in [5.41, 5.74) is 8.12. The molecular weight excluding hydrogens is 356 g/mol. The zero-order valence-corrected chi connectivity index (χ0v) is 16.2. The van der Waals surface area contributed by atoms with E-state index in [0.717, 1.165) is 28.3 Å². The Bertz CT molecular complexity index is 1000. The van der Waals surface area contributed by atoms with E-state index >= 15 is 0 Å². The highest BCUT2D eigenvalue weighted by Gasteiger charge is 2.10. The molecule has 28 heavy (non-hydrogen) atoms. The highest BCUT2D eigenvalue weighted by Crippen LogP contribution is 2.22. The molecule has 0 unspecified atom stereocenters. The quantitative estimate of drug-likeness (QED) is 0.399. The second kappa shape index (κ2) is 7.91. The normalized spacial score (nSPS) is 11.0. The Morgan fingerprint density at radius 3 is 2.46 bits per heavy atom. The highest BCUT2D eigenvalue weighted by molar-refractivity contribution is 5.82. The molecule has 0 amide bonds. The molecular formula is C20H22N6O2. The second-order valence-electron chi connectivity index (χ2n) is 6.60. The number of pyridine rings is 1. The molecule has 0 fully saturated rings. The van der Waals surface area contributed by atoms with Crippen LogP contribution in [-0.2, 0) is 0 Å². The molecule has 0 radical (unpaired) electrons. The fourth-order valence-corrected chi connectivity index (χ4v) is 2.94. The van der Waals surface area contributed by atoms with Gasteiger partial charge in [-0.1, -0.05) is 0 Å². The number of aryl methyl sites for hydroxylation is 1. The first-order valence-electron chi connectivity index (χ1n) is 8.73. The summed E-state index contributed by atoms with van der Waals surface area (Å²) in [6.45, 7) is 4.09. The molecule has 3 aromatic rings. The summed E-state index contributed by atoms with van der Waals surface area (Å²) in [6.07, 6.45) is 2.91. The van der Waals surface area contributed by atoms with Gasteiger partial charge in [0, 0.05) is 48.5 Å². The fourth-order valence-electron chi connectivity index (χ4n) is 2.94. The van der Waals surface area contributed by atoms with Crippen molar-refractivity contribution in [3.8, 4) is 5.69 Å². The Morgan fingerprint density at radius 1 is 1.18 bits per heavy atom. The van der Waals surface area contributed by atoms with Crippen molar-refractivity contribution in [2.24, 2.45) is 5.10 Å². The van der Waals surface area contributed by atoms with Crippen LogP contribution in [-0.4, -0.2) is 34.8 Å². The average molecular weight is 378 g/mol. The maximum atomic E-state index is 10.7. The summed E-state index contributed by atoms with van der Waals surface area (Å²) in [4.78, 5) is 16.2. The maximum Gasteiger partial charge on any atom is 0.287 e. The van der Waals surface area contributed by atoms with Crippen LogP contribution in [0.4, 0.5) is 17.2 Å². The average Bonchev–Trinajstić information content (AvgIpc) is 2.95. The van der Waals surface area contributed by atoms with Crippen molar-refractivity contribution in [3.63, 3.8) is 0 Å². The van der Waals surface area contributed by atoms with Gasteiger partial charge in [0.2, 0.25) is 0 Å². The van der Waals surface area contributed by atoms with Gasteiger partial charge in [0.1, 0.15) is 12.0 Å². The van der Waals surface area contributed by atoms with E-state index in [9.17, 15) is 10.1 Å². The van der Waals surface area contributed by atoms with E-state index in [0.29, 0.717) is 5.82 Å². The van der Waals surface area contributed by atoms with Gasteiger partial charge in [-0.25, -0.2) is 4.98 Å². The number of rotatable bonds is 6. The van der Waals surface area contributed by atoms with Gasteiger partial charge in [-0.3, -0.25) is 15.5 Å². The molecule has 0 bridgehead atoms. The third kappa shape index (κ3) is 4.01. The number of nitro groups is 1.